The van der Waals surface area contributed by atoms with Crippen molar-refractivity contribution in [1.29, 1.82) is 0 Å². The van der Waals surface area contributed by atoms with Crippen LogP contribution in [0.1, 0.15) is 18.1 Å². The van der Waals surface area contributed by atoms with Crippen molar-refractivity contribution in [2.45, 2.75) is 19.2 Å². The van der Waals surface area contributed by atoms with Crippen LogP contribution >= 0.6 is 11.6 Å². The normalized spacial score (nSPS) is 12.6. The van der Waals surface area contributed by atoms with Crippen molar-refractivity contribution in [3.63, 3.8) is 0 Å². The Bertz CT molecular complexity index is 852. The largest absolute Gasteiger partial charge is 0.449 e. The lowest BCUT2D eigenvalue weighted by Crippen LogP contribution is -2.29. The van der Waals surface area contributed by atoms with Gasteiger partial charge in [0.25, 0.3) is 5.91 Å². The molecule has 1 aromatic heterocycles. The van der Waals surface area contributed by atoms with Gasteiger partial charge in [-0.25, -0.2) is 9.78 Å². The number of carbonyl (C=O) groups is 2. The lowest BCUT2D eigenvalue weighted by Gasteiger charge is -2.11. The van der Waals surface area contributed by atoms with Crippen LogP contribution in [0.25, 0.3) is 6.08 Å². The first-order chi connectivity index (χ1) is 12.6. The lowest BCUT2D eigenvalue weighted by molar-refractivity contribution is -0.148. The van der Waals surface area contributed by atoms with Crippen LogP contribution in [0.4, 0.5) is 19.0 Å². The second-order valence-corrected chi connectivity index (χ2v) is 5.82. The molecular weight excluding hydrogens is 385 g/mol. The quantitative estimate of drug-likeness (QED) is 0.601. The molecule has 2 rings (SSSR count). The number of hydrogen-bond acceptors (Lipinski definition) is 4. The number of aromatic nitrogens is 1. The summed E-state index contributed by atoms with van der Waals surface area (Å²) in [4.78, 5) is 27.6. The maximum atomic E-state index is 12.7. The first-order valence-corrected chi connectivity index (χ1v) is 8.01. The van der Waals surface area contributed by atoms with Crippen LogP contribution in [0.15, 0.2) is 48.7 Å². The van der Waals surface area contributed by atoms with Gasteiger partial charge in [-0.15, -0.1) is 0 Å². The number of esters is 1. The van der Waals surface area contributed by atoms with Gasteiger partial charge in [0.15, 0.2) is 6.10 Å². The predicted octanol–water partition coefficient (Wildman–Crippen LogP) is 4.34. The molecule has 0 radical (unpaired) electrons. The molecule has 5 nitrogen and oxygen atoms in total. The van der Waals surface area contributed by atoms with Crippen LogP contribution in [0.3, 0.4) is 0 Å². The number of carbonyl (C=O) groups excluding carboxylic acids is 2. The van der Waals surface area contributed by atoms with Gasteiger partial charge in [-0.2, -0.15) is 13.2 Å². The van der Waals surface area contributed by atoms with E-state index in [0.29, 0.717) is 5.02 Å². The SMILES string of the molecule is C[C@H](OC(=O)/C=C/c1cccc(C(F)(F)F)c1)C(=O)Nc1ccc(Cl)cn1. The zero-order valence-electron chi connectivity index (χ0n) is 14.0. The lowest BCUT2D eigenvalue weighted by atomic mass is 10.1. The monoisotopic (exact) mass is 398 g/mol. The van der Waals surface area contributed by atoms with E-state index in [1.54, 1.807) is 0 Å². The van der Waals surface area contributed by atoms with Crippen molar-refractivity contribution in [3.05, 3.63) is 64.8 Å². The molecule has 0 aliphatic carbocycles. The summed E-state index contributed by atoms with van der Waals surface area (Å²) in [7, 11) is 0. The molecule has 0 bridgehead atoms. The predicted molar refractivity (Wildman–Crippen MR) is 93.9 cm³/mol. The Kier molecular flexibility index (Phi) is 6.57. The summed E-state index contributed by atoms with van der Waals surface area (Å²) in [5.41, 5.74) is -0.662. The van der Waals surface area contributed by atoms with Crippen LogP contribution in [0, 0.1) is 0 Å². The Hall–Kier alpha value is -2.87. The van der Waals surface area contributed by atoms with E-state index in [9.17, 15) is 22.8 Å². The van der Waals surface area contributed by atoms with Crippen LogP contribution in [-0.4, -0.2) is 23.0 Å². The highest BCUT2D eigenvalue weighted by Crippen LogP contribution is 2.29. The third kappa shape index (κ3) is 6.41. The molecule has 0 aliphatic rings. The average molecular weight is 399 g/mol. The molecule has 0 aliphatic heterocycles. The van der Waals surface area contributed by atoms with Crippen molar-refractivity contribution in [1.82, 2.24) is 4.98 Å². The standard InChI is InChI=1S/C18H14ClF3N2O3/c1-11(17(26)24-15-7-6-14(19)10-23-15)27-16(25)8-5-12-3-2-4-13(9-12)18(20,21)22/h2-11H,1H3,(H,23,24,26)/b8-5+/t11-/m0/s1. The van der Waals surface area contributed by atoms with Crippen molar-refractivity contribution >= 4 is 35.4 Å². The number of halogens is 4. The van der Waals surface area contributed by atoms with E-state index in [0.717, 1.165) is 18.2 Å². The molecule has 1 heterocycles. The minimum atomic E-state index is -4.48. The highest BCUT2D eigenvalue weighted by atomic mass is 35.5. The van der Waals surface area contributed by atoms with E-state index in [1.165, 1.54) is 43.5 Å². The minimum Gasteiger partial charge on any atom is -0.449 e. The number of nitrogens with zero attached hydrogens (tertiary/aromatic N) is 1. The molecule has 1 atom stereocenters. The topological polar surface area (TPSA) is 68.3 Å². The van der Waals surface area contributed by atoms with Gasteiger partial charge < -0.3 is 10.1 Å². The van der Waals surface area contributed by atoms with Gasteiger partial charge in [0.05, 0.1) is 10.6 Å². The van der Waals surface area contributed by atoms with E-state index in [1.807, 2.05) is 0 Å². The summed E-state index contributed by atoms with van der Waals surface area (Å²) in [6, 6.07) is 7.45. The van der Waals surface area contributed by atoms with Crippen molar-refractivity contribution in [2.24, 2.45) is 0 Å². The van der Waals surface area contributed by atoms with E-state index >= 15 is 0 Å². The summed E-state index contributed by atoms with van der Waals surface area (Å²) < 4.78 is 42.9. The molecular formula is C18H14ClF3N2O3. The van der Waals surface area contributed by atoms with E-state index in [2.05, 4.69) is 10.3 Å². The number of rotatable bonds is 5. The van der Waals surface area contributed by atoms with E-state index < -0.39 is 29.7 Å². The zero-order chi connectivity index (χ0) is 20.0. The number of pyridine rings is 1. The molecule has 0 saturated heterocycles. The van der Waals surface area contributed by atoms with Gasteiger partial charge in [0, 0.05) is 12.3 Å². The molecule has 0 unspecified atom stereocenters. The van der Waals surface area contributed by atoms with Gasteiger partial charge >= 0.3 is 12.1 Å². The Morgan fingerprint density at radius 2 is 2.00 bits per heavy atom. The summed E-state index contributed by atoms with van der Waals surface area (Å²) in [5.74, 6) is -1.27. The summed E-state index contributed by atoms with van der Waals surface area (Å²) in [6.07, 6.45) is -2.16. The average Bonchev–Trinajstić information content (AvgIpc) is 2.61. The van der Waals surface area contributed by atoms with Gasteiger partial charge in [-0.1, -0.05) is 23.7 Å². The number of anilines is 1. The first-order valence-electron chi connectivity index (χ1n) is 7.63. The number of ether oxygens (including phenoxy) is 1. The Balaban J connectivity index is 1.93. The molecule has 142 valence electrons. The number of hydrogen-bond donors (Lipinski definition) is 1. The van der Waals surface area contributed by atoms with Crippen molar-refractivity contribution in [3.8, 4) is 0 Å². The third-order valence-electron chi connectivity index (χ3n) is 3.27. The fourth-order valence-corrected chi connectivity index (χ4v) is 2.04. The van der Waals surface area contributed by atoms with Crippen molar-refractivity contribution < 1.29 is 27.5 Å². The van der Waals surface area contributed by atoms with Crippen molar-refractivity contribution in [2.75, 3.05) is 5.32 Å². The third-order valence-corrected chi connectivity index (χ3v) is 3.49. The van der Waals surface area contributed by atoms with Gasteiger partial charge in [0.2, 0.25) is 0 Å². The molecule has 27 heavy (non-hydrogen) atoms. The minimum absolute atomic E-state index is 0.171. The molecule has 1 aromatic carbocycles. The first kappa shape index (κ1) is 20.4. The number of amides is 1. The molecule has 1 N–H and O–H groups in total. The summed E-state index contributed by atoms with van der Waals surface area (Å²) >= 11 is 5.69. The maximum Gasteiger partial charge on any atom is 0.416 e. The molecule has 0 spiro atoms. The molecule has 0 fully saturated rings. The Morgan fingerprint density at radius 3 is 2.63 bits per heavy atom. The fraction of sp³-hybridized carbons (Fsp3) is 0.167. The number of nitrogens with one attached hydrogen (secondary N) is 1. The second kappa shape index (κ2) is 8.68. The second-order valence-electron chi connectivity index (χ2n) is 5.39. The molecule has 1 amide bonds. The van der Waals surface area contributed by atoms with Gasteiger partial charge in [-0.05, 0) is 42.8 Å². The van der Waals surface area contributed by atoms with Crippen LogP contribution in [-0.2, 0) is 20.5 Å². The zero-order valence-corrected chi connectivity index (χ0v) is 14.7. The number of alkyl halides is 3. The highest BCUT2D eigenvalue weighted by molar-refractivity contribution is 6.30. The number of benzene rings is 1. The summed E-state index contributed by atoms with van der Waals surface area (Å²) in [5, 5.41) is 2.83. The highest BCUT2D eigenvalue weighted by Gasteiger charge is 2.30. The molecule has 2 aromatic rings. The maximum absolute atomic E-state index is 12.7. The Labute approximate surface area is 157 Å². The molecule has 0 saturated carbocycles. The van der Waals surface area contributed by atoms with Crippen LogP contribution < -0.4 is 5.32 Å². The van der Waals surface area contributed by atoms with E-state index in [4.69, 9.17) is 16.3 Å². The van der Waals surface area contributed by atoms with Gasteiger partial charge in [0.1, 0.15) is 5.82 Å². The van der Waals surface area contributed by atoms with E-state index in [-0.39, 0.29) is 11.4 Å². The Morgan fingerprint density at radius 1 is 1.26 bits per heavy atom. The summed E-state index contributed by atoms with van der Waals surface area (Å²) in [6.45, 7) is 1.35. The van der Waals surface area contributed by atoms with Crippen LogP contribution in [0.5, 0.6) is 0 Å². The molecule has 9 heteroatoms. The smallest absolute Gasteiger partial charge is 0.416 e. The fourth-order valence-electron chi connectivity index (χ4n) is 1.93. The van der Waals surface area contributed by atoms with Gasteiger partial charge in [-0.3, -0.25) is 4.79 Å². The van der Waals surface area contributed by atoms with Crippen LogP contribution in [0.2, 0.25) is 5.02 Å².